The van der Waals surface area contributed by atoms with E-state index in [1.165, 1.54) is 32.1 Å². The molecule has 2 rings (SSSR count). The van der Waals surface area contributed by atoms with E-state index in [9.17, 15) is 0 Å². The lowest BCUT2D eigenvalue weighted by atomic mass is 9.76. The fourth-order valence-electron chi connectivity index (χ4n) is 2.80. The van der Waals surface area contributed by atoms with Gasteiger partial charge in [0.25, 0.3) is 0 Å². The zero-order valence-electron chi connectivity index (χ0n) is 11.2. The van der Waals surface area contributed by atoms with Gasteiger partial charge in [0.05, 0.1) is 10.0 Å². The van der Waals surface area contributed by atoms with Gasteiger partial charge in [-0.1, -0.05) is 61.0 Å². The van der Waals surface area contributed by atoms with Crippen LogP contribution in [-0.4, -0.2) is 6.54 Å². The minimum atomic E-state index is 0.412. The number of hydrogen-bond donors (Lipinski definition) is 1. The van der Waals surface area contributed by atoms with Gasteiger partial charge in [-0.3, -0.25) is 0 Å². The topological polar surface area (TPSA) is 12.0 Å². The van der Waals surface area contributed by atoms with Gasteiger partial charge in [0.1, 0.15) is 0 Å². The Morgan fingerprint density at radius 2 is 1.68 bits per heavy atom. The second kappa shape index (κ2) is 6.67. The minimum Gasteiger partial charge on any atom is -0.312 e. The lowest BCUT2D eigenvalue weighted by molar-refractivity contribution is 0.207. The monoisotopic (exact) mass is 319 g/mol. The Morgan fingerprint density at radius 1 is 1.05 bits per heavy atom. The van der Waals surface area contributed by atoms with Crippen LogP contribution in [0, 0.1) is 5.41 Å². The van der Waals surface area contributed by atoms with Gasteiger partial charge in [-0.25, -0.2) is 0 Å². The smallest absolute Gasteiger partial charge is 0.0652 e. The van der Waals surface area contributed by atoms with E-state index in [4.69, 9.17) is 34.8 Å². The third kappa shape index (κ3) is 4.01. The van der Waals surface area contributed by atoms with E-state index in [-0.39, 0.29) is 0 Å². The summed E-state index contributed by atoms with van der Waals surface area (Å²) in [5.41, 5.74) is 1.31. The Bertz CT molecular complexity index is 439. The van der Waals surface area contributed by atoms with Crippen LogP contribution in [0.2, 0.25) is 15.1 Å². The van der Waals surface area contributed by atoms with Crippen molar-refractivity contribution in [1.29, 1.82) is 0 Å². The van der Waals surface area contributed by atoms with Crippen molar-refractivity contribution in [3.05, 3.63) is 32.8 Å². The number of hydrogen-bond acceptors (Lipinski definition) is 1. The van der Waals surface area contributed by atoms with Crippen molar-refractivity contribution in [2.24, 2.45) is 5.41 Å². The summed E-state index contributed by atoms with van der Waals surface area (Å²) in [6.45, 7) is 4.04. The van der Waals surface area contributed by atoms with Crippen LogP contribution >= 0.6 is 34.8 Å². The Morgan fingerprint density at radius 3 is 2.37 bits per heavy atom. The number of nitrogens with one attached hydrogen (secondary N) is 1. The summed E-state index contributed by atoms with van der Waals surface area (Å²) in [6.07, 6.45) is 6.67. The van der Waals surface area contributed by atoms with Gasteiger partial charge in [-0.05, 0) is 30.4 Å². The van der Waals surface area contributed by atoms with E-state index < -0.39 is 0 Å². The van der Waals surface area contributed by atoms with Crippen LogP contribution in [0.3, 0.4) is 0 Å². The molecule has 0 aliphatic heterocycles. The van der Waals surface area contributed by atoms with E-state index in [1.807, 2.05) is 0 Å². The highest BCUT2D eigenvalue weighted by atomic mass is 35.5. The van der Waals surface area contributed by atoms with Crippen LogP contribution in [0.15, 0.2) is 12.1 Å². The Balaban J connectivity index is 1.94. The summed E-state index contributed by atoms with van der Waals surface area (Å²) in [6, 6.07) is 3.53. The molecule has 1 aliphatic rings. The zero-order chi connectivity index (χ0) is 13.9. The molecule has 1 aromatic carbocycles. The summed E-state index contributed by atoms with van der Waals surface area (Å²) in [7, 11) is 0. The molecule has 0 unspecified atom stereocenters. The highest BCUT2D eigenvalue weighted by molar-refractivity contribution is 6.44. The molecule has 0 spiro atoms. The van der Waals surface area contributed by atoms with Crippen LogP contribution < -0.4 is 5.32 Å². The van der Waals surface area contributed by atoms with Crippen LogP contribution in [0.5, 0.6) is 0 Å². The Labute approximate surface area is 130 Å². The summed E-state index contributed by atoms with van der Waals surface area (Å²) in [5, 5.41) is 5.30. The van der Waals surface area contributed by atoms with Crippen molar-refractivity contribution < 1.29 is 0 Å². The summed E-state index contributed by atoms with van der Waals surface area (Å²) >= 11 is 18.4. The molecule has 0 aromatic heterocycles. The standard InChI is InChI=1S/C15H20Cl3N/c1-15(7-3-2-4-8-15)10-19-9-11-12(16)5-6-13(17)14(11)18/h5-6,19H,2-4,7-10H2,1H3. The molecule has 4 heteroatoms. The first-order valence-corrected chi connectivity index (χ1v) is 7.98. The molecule has 0 atom stereocenters. The molecule has 19 heavy (non-hydrogen) atoms. The van der Waals surface area contributed by atoms with E-state index in [0.29, 0.717) is 27.0 Å². The average molecular weight is 321 g/mol. The highest BCUT2D eigenvalue weighted by Crippen LogP contribution is 2.35. The van der Waals surface area contributed by atoms with Crippen molar-refractivity contribution in [2.75, 3.05) is 6.54 Å². The number of benzene rings is 1. The van der Waals surface area contributed by atoms with Gasteiger partial charge >= 0.3 is 0 Å². The molecule has 0 saturated heterocycles. The maximum absolute atomic E-state index is 6.20. The van der Waals surface area contributed by atoms with Crippen molar-refractivity contribution in [1.82, 2.24) is 5.32 Å². The predicted octanol–water partition coefficient (Wildman–Crippen LogP) is 5.71. The first-order chi connectivity index (χ1) is 9.02. The van der Waals surface area contributed by atoms with Crippen molar-refractivity contribution in [3.63, 3.8) is 0 Å². The summed E-state index contributed by atoms with van der Waals surface area (Å²) in [5.74, 6) is 0. The second-order valence-electron chi connectivity index (χ2n) is 5.80. The zero-order valence-corrected chi connectivity index (χ0v) is 13.5. The maximum Gasteiger partial charge on any atom is 0.0652 e. The molecular weight excluding hydrogens is 301 g/mol. The molecule has 0 bridgehead atoms. The Kier molecular flexibility index (Phi) is 5.42. The van der Waals surface area contributed by atoms with Gasteiger partial charge in [0, 0.05) is 23.7 Å². The lowest BCUT2D eigenvalue weighted by Crippen LogP contribution is -2.33. The largest absolute Gasteiger partial charge is 0.312 e. The molecule has 0 heterocycles. The molecular formula is C15H20Cl3N. The molecule has 1 saturated carbocycles. The van der Waals surface area contributed by atoms with E-state index in [0.717, 1.165) is 12.1 Å². The predicted molar refractivity (Wildman–Crippen MR) is 84.4 cm³/mol. The molecule has 0 amide bonds. The third-order valence-electron chi connectivity index (χ3n) is 4.05. The van der Waals surface area contributed by atoms with Gasteiger partial charge < -0.3 is 5.32 Å². The first kappa shape index (κ1) is 15.4. The van der Waals surface area contributed by atoms with Gasteiger partial charge in [0.15, 0.2) is 0 Å². The number of halogens is 3. The van der Waals surface area contributed by atoms with Crippen molar-refractivity contribution in [3.8, 4) is 0 Å². The molecule has 0 radical (unpaired) electrons. The molecule has 1 aromatic rings. The van der Waals surface area contributed by atoms with Crippen molar-refractivity contribution in [2.45, 2.75) is 45.6 Å². The lowest BCUT2D eigenvalue weighted by Gasteiger charge is -2.34. The maximum atomic E-state index is 6.20. The molecule has 1 nitrogen and oxygen atoms in total. The van der Waals surface area contributed by atoms with Gasteiger partial charge in [-0.2, -0.15) is 0 Å². The van der Waals surface area contributed by atoms with Crippen LogP contribution in [0.25, 0.3) is 0 Å². The fourth-order valence-corrected chi connectivity index (χ4v) is 3.48. The highest BCUT2D eigenvalue weighted by Gasteiger charge is 2.26. The van der Waals surface area contributed by atoms with Crippen molar-refractivity contribution >= 4 is 34.8 Å². The minimum absolute atomic E-state index is 0.412. The molecule has 1 fully saturated rings. The van der Waals surface area contributed by atoms with Crippen LogP contribution in [0.4, 0.5) is 0 Å². The van der Waals surface area contributed by atoms with Crippen LogP contribution in [-0.2, 0) is 6.54 Å². The van der Waals surface area contributed by atoms with E-state index in [2.05, 4.69) is 12.2 Å². The first-order valence-electron chi connectivity index (χ1n) is 6.85. The van der Waals surface area contributed by atoms with Gasteiger partial charge in [-0.15, -0.1) is 0 Å². The average Bonchev–Trinajstić information content (AvgIpc) is 2.39. The normalized spacial score (nSPS) is 18.5. The molecule has 1 aliphatic carbocycles. The summed E-state index contributed by atoms with van der Waals surface area (Å²) < 4.78 is 0. The second-order valence-corrected chi connectivity index (χ2v) is 6.99. The van der Waals surface area contributed by atoms with E-state index in [1.54, 1.807) is 12.1 Å². The number of rotatable bonds is 4. The quantitative estimate of drug-likeness (QED) is 0.701. The SMILES string of the molecule is CC1(CNCc2c(Cl)ccc(Cl)c2Cl)CCCCC1. The Hall–Kier alpha value is 0.0500. The molecule has 106 valence electrons. The van der Waals surface area contributed by atoms with Crippen LogP contribution in [0.1, 0.15) is 44.6 Å². The molecule has 1 N–H and O–H groups in total. The fraction of sp³-hybridized carbons (Fsp3) is 0.600. The third-order valence-corrected chi connectivity index (χ3v) is 5.25. The van der Waals surface area contributed by atoms with Gasteiger partial charge in [0.2, 0.25) is 0 Å². The summed E-state index contributed by atoms with van der Waals surface area (Å²) in [4.78, 5) is 0. The van der Waals surface area contributed by atoms with E-state index >= 15 is 0 Å².